The molecule has 2 saturated carbocycles. The first kappa shape index (κ1) is 46.2. The lowest BCUT2D eigenvalue weighted by molar-refractivity contribution is -0.141. The standard InChI is InChI=1S/C48H61N7O8S2/c1-29(2)55-37-17-13-15-35(41-49-33(28-64-41)24-31-20-18-30(3)19-21-31)39(37)51-44(55)62-34-25-38-40(56)52-48(43(58)53-65(60,61)47(7)22-23-47)26-32(48)14-11-9-8-10-12-16-36(42(57)54(38)27-34)50-45(59)63-46(4,5)6/h11,13-15,17-21,28-29,32,34,36,38H,8-10,12,16,22-27H2,1-7H3,(H,50,59)(H,52,56)(H,53,58)/b14-11-/t32-,34-,36+,38+,48-/m1/s1. The van der Waals surface area contributed by atoms with Crippen molar-refractivity contribution in [3.05, 3.63) is 76.8 Å². The van der Waals surface area contributed by atoms with Crippen molar-refractivity contribution in [1.29, 1.82) is 0 Å². The first-order chi connectivity index (χ1) is 30.8. The Labute approximate surface area is 385 Å². The molecule has 4 heterocycles. The smallest absolute Gasteiger partial charge is 0.408 e. The van der Waals surface area contributed by atoms with Crippen LogP contribution in [0.3, 0.4) is 0 Å². The van der Waals surface area contributed by atoms with Crippen LogP contribution >= 0.6 is 11.3 Å². The summed E-state index contributed by atoms with van der Waals surface area (Å²) in [6, 6.07) is 12.4. The number of sulfonamides is 1. The molecule has 4 amide bonds. The van der Waals surface area contributed by atoms with E-state index in [1.165, 1.54) is 16.0 Å². The van der Waals surface area contributed by atoms with Gasteiger partial charge < -0.3 is 25.0 Å². The summed E-state index contributed by atoms with van der Waals surface area (Å²) < 4.78 is 42.2. The molecule has 0 unspecified atom stereocenters. The Hall–Kier alpha value is -5.29. The highest BCUT2D eigenvalue weighted by Crippen LogP contribution is 2.48. The van der Waals surface area contributed by atoms with Gasteiger partial charge in [-0.3, -0.25) is 23.7 Å². The summed E-state index contributed by atoms with van der Waals surface area (Å²) in [6.45, 7) is 12.9. The van der Waals surface area contributed by atoms with Crippen molar-refractivity contribution in [2.24, 2.45) is 5.92 Å². The number of carbonyl (C=O) groups excluding carboxylic acids is 4. The van der Waals surface area contributed by atoms with E-state index in [4.69, 9.17) is 19.4 Å². The molecule has 5 atom stereocenters. The summed E-state index contributed by atoms with van der Waals surface area (Å²) in [5, 5.41) is 8.61. The van der Waals surface area contributed by atoms with Gasteiger partial charge in [0, 0.05) is 35.7 Å². The number of thiazole rings is 1. The maximum Gasteiger partial charge on any atom is 0.408 e. The highest BCUT2D eigenvalue weighted by Gasteiger charge is 2.63. The molecule has 0 radical (unpaired) electrons. The molecule has 348 valence electrons. The molecule has 65 heavy (non-hydrogen) atoms. The number of allylic oxidation sites excluding steroid dienone is 1. The van der Waals surface area contributed by atoms with Crippen molar-refractivity contribution in [3.8, 4) is 16.6 Å². The molecule has 4 aliphatic rings. The van der Waals surface area contributed by atoms with Crippen LogP contribution in [0.2, 0.25) is 0 Å². The van der Waals surface area contributed by atoms with E-state index in [0.29, 0.717) is 50.1 Å². The highest BCUT2D eigenvalue weighted by atomic mass is 32.2. The lowest BCUT2D eigenvalue weighted by Crippen LogP contribution is -2.58. The van der Waals surface area contributed by atoms with Gasteiger partial charge in [0.25, 0.3) is 11.9 Å². The van der Waals surface area contributed by atoms with Crippen LogP contribution in [0.5, 0.6) is 6.01 Å². The SMILES string of the molecule is Cc1ccc(Cc2csc(-c3cccc4c3nc(O[C@@H]3C[C@H]5C(=O)N[C@]6(C(=O)NS(=O)(=O)C7(C)CC7)C[C@H]6/C=C\CCCCC[C@H](NC(=O)OC(C)(C)C)C(=O)N5C3)n4C(C)C)n2)cc1. The number of amides is 4. The molecule has 2 aromatic heterocycles. The number of aromatic nitrogens is 3. The zero-order chi connectivity index (χ0) is 46.5. The van der Waals surface area contributed by atoms with Gasteiger partial charge in [-0.1, -0.05) is 60.9 Å². The van der Waals surface area contributed by atoms with Gasteiger partial charge in [-0.05, 0) is 105 Å². The maximum absolute atomic E-state index is 14.8. The average Bonchev–Trinajstić information content (AvgIpc) is 3.92. The molecule has 2 aliphatic carbocycles. The molecule has 8 rings (SSSR count). The molecule has 4 aromatic rings. The quantitative estimate of drug-likeness (QED) is 0.136. The number of nitrogens with one attached hydrogen (secondary N) is 3. The fourth-order valence-corrected chi connectivity index (χ4v) is 11.0. The summed E-state index contributed by atoms with van der Waals surface area (Å²) in [6.07, 6.45) is 7.30. The Morgan fingerprint density at radius 1 is 1.05 bits per heavy atom. The Bertz CT molecular complexity index is 2610. The van der Waals surface area contributed by atoms with Crippen LogP contribution in [0.1, 0.15) is 122 Å². The molecule has 0 bridgehead atoms. The monoisotopic (exact) mass is 927 g/mol. The van der Waals surface area contributed by atoms with E-state index < -0.39 is 73.8 Å². The van der Waals surface area contributed by atoms with Crippen LogP contribution in [0.25, 0.3) is 21.6 Å². The maximum atomic E-state index is 14.8. The van der Waals surface area contributed by atoms with Crippen molar-refractivity contribution in [2.75, 3.05) is 6.54 Å². The highest BCUT2D eigenvalue weighted by molar-refractivity contribution is 7.91. The van der Waals surface area contributed by atoms with E-state index in [1.807, 2.05) is 48.8 Å². The minimum Gasteiger partial charge on any atom is -0.459 e. The molecule has 0 spiro atoms. The summed E-state index contributed by atoms with van der Waals surface area (Å²) in [5.74, 6) is -2.36. The van der Waals surface area contributed by atoms with Crippen molar-refractivity contribution in [3.63, 3.8) is 0 Å². The minimum atomic E-state index is -4.01. The molecule has 2 aliphatic heterocycles. The van der Waals surface area contributed by atoms with Crippen LogP contribution < -0.4 is 20.1 Å². The molecular formula is C48H61N7O8S2. The summed E-state index contributed by atoms with van der Waals surface area (Å²) in [4.78, 5) is 68.2. The van der Waals surface area contributed by atoms with Gasteiger partial charge in [0.1, 0.15) is 39.9 Å². The number of fused-ring (bicyclic) bond motifs is 3. The normalized spacial score (nSPS) is 25.1. The molecular weight excluding hydrogens is 867 g/mol. The van der Waals surface area contributed by atoms with E-state index >= 15 is 0 Å². The molecule has 3 N–H and O–H groups in total. The van der Waals surface area contributed by atoms with Crippen LogP contribution in [-0.4, -0.2) is 92.3 Å². The molecule has 3 fully saturated rings. The van der Waals surface area contributed by atoms with Gasteiger partial charge in [-0.15, -0.1) is 11.3 Å². The predicted octanol–water partition coefficient (Wildman–Crippen LogP) is 7.28. The van der Waals surface area contributed by atoms with Gasteiger partial charge in [0.2, 0.25) is 21.8 Å². The molecule has 15 nitrogen and oxygen atoms in total. The van der Waals surface area contributed by atoms with Crippen LogP contribution in [0.4, 0.5) is 4.79 Å². The van der Waals surface area contributed by atoms with Crippen LogP contribution in [0.15, 0.2) is 60.0 Å². The zero-order valence-corrected chi connectivity index (χ0v) is 39.9. The third-order valence-corrected chi connectivity index (χ3v) is 16.0. The van der Waals surface area contributed by atoms with Crippen molar-refractivity contribution < 1.29 is 37.1 Å². The number of imidazole rings is 1. The predicted molar refractivity (Wildman–Crippen MR) is 249 cm³/mol. The molecule has 1 saturated heterocycles. The average molecular weight is 928 g/mol. The van der Waals surface area contributed by atoms with E-state index in [2.05, 4.69) is 51.9 Å². The Morgan fingerprint density at radius 2 is 1.80 bits per heavy atom. The fourth-order valence-electron chi connectivity index (χ4n) is 8.82. The number of rotatable bonds is 10. The molecule has 17 heteroatoms. The number of aryl methyl sites for hydroxylation is 1. The van der Waals surface area contributed by atoms with E-state index in [-0.39, 0.29) is 25.4 Å². The first-order valence-corrected chi connectivity index (χ1v) is 25.2. The van der Waals surface area contributed by atoms with E-state index in [1.54, 1.807) is 39.0 Å². The van der Waals surface area contributed by atoms with Crippen molar-refractivity contribution in [2.45, 2.75) is 153 Å². The number of benzene rings is 2. The van der Waals surface area contributed by atoms with E-state index in [9.17, 15) is 27.6 Å². The third kappa shape index (κ3) is 9.96. The number of carbonyl (C=O) groups is 4. The zero-order valence-electron chi connectivity index (χ0n) is 38.3. The number of hydrogen-bond acceptors (Lipinski definition) is 11. The fraction of sp³-hybridized carbons (Fsp3) is 0.542. The van der Waals surface area contributed by atoms with Gasteiger partial charge in [0.15, 0.2) is 0 Å². The van der Waals surface area contributed by atoms with Gasteiger partial charge in [-0.2, -0.15) is 4.98 Å². The van der Waals surface area contributed by atoms with Gasteiger partial charge in [-0.25, -0.2) is 18.2 Å². The van der Waals surface area contributed by atoms with Crippen molar-refractivity contribution in [1.82, 2.24) is 34.8 Å². The number of ether oxygens (including phenoxy) is 2. The first-order valence-electron chi connectivity index (χ1n) is 22.8. The second kappa shape index (κ2) is 17.8. The van der Waals surface area contributed by atoms with Crippen molar-refractivity contribution >= 4 is 56.2 Å². The third-order valence-electron chi connectivity index (χ3n) is 12.9. The lowest BCUT2D eigenvalue weighted by atomic mass is 10.0. The Balaban J connectivity index is 1.11. The van der Waals surface area contributed by atoms with Gasteiger partial charge >= 0.3 is 6.09 Å². The summed E-state index contributed by atoms with van der Waals surface area (Å²) >= 11 is 1.55. The molecule has 2 aromatic carbocycles. The summed E-state index contributed by atoms with van der Waals surface area (Å²) in [5.41, 5.74) is 3.36. The second-order valence-electron chi connectivity index (χ2n) is 19.7. The second-order valence-corrected chi connectivity index (χ2v) is 22.8. The largest absolute Gasteiger partial charge is 0.459 e. The summed E-state index contributed by atoms with van der Waals surface area (Å²) in [7, 11) is -4.01. The van der Waals surface area contributed by atoms with Crippen LogP contribution in [0, 0.1) is 12.8 Å². The Kier molecular flexibility index (Phi) is 12.7. The van der Waals surface area contributed by atoms with Gasteiger partial charge in [0.05, 0.1) is 22.5 Å². The number of nitrogens with zero attached hydrogens (tertiary/aromatic N) is 4. The topological polar surface area (TPSA) is 191 Å². The number of hydrogen-bond donors (Lipinski definition) is 3. The Morgan fingerprint density at radius 3 is 2.51 bits per heavy atom. The minimum absolute atomic E-state index is 0.0261. The van der Waals surface area contributed by atoms with E-state index in [0.717, 1.165) is 34.6 Å². The lowest BCUT2D eigenvalue weighted by Gasteiger charge is -2.30. The number of alkyl carbamates (subject to hydrolysis) is 1. The number of para-hydroxylation sites is 1. The van der Waals surface area contributed by atoms with Crippen LogP contribution in [-0.2, 0) is 35.6 Å².